The first-order valence-electron chi connectivity index (χ1n) is 10.1. The number of hydrogen-bond donors (Lipinski definition) is 1. The number of aromatic nitrogens is 2. The van der Waals surface area contributed by atoms with Crippen molar-refractivity contribution in [1.29, 1.82) is 0 Å². The summed E-state index contributed by atoms with van der Waals surface area (Å²) in [6.45, 7) is 0.461. The van der Waals surface area contributed by atoms with Crippen molar-refractivity contribution in [3.63, 3.8) is 0 Å². The zero-order chi connectivity index (χ0) is 20.7. The second-order valence-corrected chi connectivity index (χ2v) is 7.95. The van der Waals surface area contributed by atoms with Crippen molar-refractivity contribution in [2.24, 2.45) is 0 Å². The highest BCUT2D eigenvalue weighted by Gasteiger charge is 2.25. The van der Waals surface area contributed by atoms with Crippen LogP contribution in [0.1, 0.15) is 51.5 Å². The molecule has 0 atom stereocenters. The van der Waals surface area contributed by atoms with Gasteiger partial charge in [0, 0.05) is 29.9 Å². The summed E-state index contributed by atoms with van der Waals surface area (Å²) < 4.78 is 16.0. The Balaban J connectivity index is 1.42. The lowest BCUT2D eigenvalue weighted by Gasteiger charge is -2.09. The molecule has 0 unspecified atom stereocenters. The monoisotopic (exact) mass is 400 g/mol. The summed E-state index contributed by atoms with van der Waals surface area (Å²) >= 11 is 0. The van der Waals surface area contributed by atoms with E-state index in [0.29, 0.717) is 30.1 Å². The van der Waals surface area contributed by atoms with E-state index < -0.39 is 5.97 Å². The molecule has 0 bridgehead atoms. The SMILES string of the molecule is O=C(O)c1cc(C2CC2)cnc1Cc1ccc2c(ccn2Cc2ccccc2F)c1. The number of rotatable bonds is 6. The van der Waals surface area contributed by atoms with Crippen LogP contribution in [0.25, 0.3) is 10.9 Å². The van der Waals surface area contributed by atoms with Crippen molar-refractivity contribution >= 4 is 16.9 Å². The number of halogens is 1. The van der Waals surface area contributed by atoms with E-state index in [1.807, 2.05) is 41.2 Å². The third-order valence-electron chi connectivity index (χ3n) is 5.78. The van der Waals surface area contributed by atoms with Crippen LogP contribution in [0.5, 0.6) is 0 Å². The third kappa shape index (κ3) is 3.59. The Morgan fingerprint density at radius 3 is 2.73 bits per heavy atom. The number of carboxylic acids is 1. The van der Waals surface area contributed by atoms with Gasteiger partial charge in [0.1, 0.15) is 5.82 Å². The van der Waals surface area contributed by atoms with Gasteiger partial charge in [0.25, 0.3) is 0 Å². The highest BCUT2D eigenvalue weighted by molar-refractivity contribution is 5.89. The lowest BCUT2D eigenvalue weighted by molar-refractivity contribution is 0.0695. The second kappa shape index (κ2) is 7.41. The molecule has 1 aliphatic rings. The van der Waals surface area contributed by atoms with Crippen molar-refractivity contribution in [2.45, 2.75) is 31.7 Å². The summed E-state index contributed by atoms with van der Waals surface area (Å²) in [6, 6.07) is 16.6. The van der Waals surface area contributed by atoms with Gasteiger partial charge >= 0.3 is 5.97 Å². The molecular formula is C25H21FN2O2. The smallest absolute Gasteiger partial charge is 0.337 e. The van der Waals surface area contributed by atoms with Crippen LogP contribution in [0.4, 0.5) is 4.39 Å². The van der Waals surface area contributed by atoms with E-state index >= 15 is 0 Å². The summed E-state index contributed by atoms with van der Waals surface area (Å²) in [5, 5.41) is 10.7. The molecule has 4 nitrogen and oxygen atoms in total. The maximum absolute atomic E-state index is 14.0. The number of pyridine rings is 1. The molecule has 30 heavy (non-hydrogen) atoms. The topological polar surface area (TPSA) is 55.1 Å². The summed E-state index contributed by atoms with van der Waals surface area (Å²) in [6.07, 6.45) is 6.46. The van der Waals surface area contributed by atoms with Gasteiger partial charge in [0.15, 0.2) is 0 Å². The maximum Gasteiger partial charge on any atom is 0.337 e. The molecule has 5 heteroatoms. The zero-order valence-electron chi connectivity index (χ0n) is 16.4. The van der Waals surface area contributed by atoms with Crippen molar-refractivity contribution in [2.75, 3.05) is 0 Å². The van der Waals surface area contributed by atoms with Crippen molar-refractivity contribution < 1.29 is 14.3 Å². The Morgan fingerprint density at radius 1 is 1.13 bits per heavy atom. The minimum absolute atomic E-state index is 0.210. The average Bonchev–Trinajstić information content (AvgIpc) is 3.52. The van der Waals surface area contributed by atoms with E-state index in [1.165, 1.54) is 6.07 Å². The van der Waals surface area contributed by atoms with E-state index in [9.17, 15) is 14.3 Å². The van der Waals surface area contributed by atoms with E-state index in [-0.39, 0.29) is 11.4 Å². The molecule has 2 aromatic carbocycles. The Labute approximate surface area is 173 Å². The fourth-order valence-corrected chi connectivity index (χ4v) is 3.98. The predicted molar refractivity (Wildman–Crippen MR) is 113 cm³/mol. The van der Waals surface area contributed by atoms with Gasteiger partial charge in [0.2, 0.25) is 0 Å². The molecule has 4 aromatic rings. The van der Waals surface area contributed by atoms with E-state index in [0.717, 1.165) is 34.9 Å². The van der Waals surface area contributed by atoms with Gasteiger partial charge in [-0.05, 0) is 65.6 Å². The van der Waals surface area contributed by atoms with Gasteiger partial charge in [-0.15, -0.1) is 0 Å². The standard InChI is InChI=1S/C25H21FN2O2/c26-22-4-2-1-3-19(22)15-28-10-9-18-11-16(5-8-24(18)28)12-23-21(25(29)30)13-20(14-27-23)17-6-7-17/h1-5,8-11,13-14,17H,6-7,12,15H2,(H,29,30). The lowest BCUT2D eigenvalue weighted by Crippen LogP contribution is -2.07. The third-order valence-corrected chi connectivity index (χ3v) is 5.78. The van der Waals surface area contributed by atoms with Crippen molar-refractivity contribution in [3.05, 3.63) is 101 Å². The first-order valence-corrected chi connectivity index (χ1v) is 10.1. The minimum atomic E-state index is -0.933. The molecule has 1 fully saturated rings. The van der Waals surface area contributed by atoms with Gasteiger partial charge < -0.3 is 9.67 Å². The molecule has 0 saturated heterocycles. The molecule has 150 valence electrons. The quantitative estimate of drug-likeness (QED) is 0.472. The zero-order valence-corrected chi connectivity index (χ0v) is 16.4. The number of benzene rings is 2. The minimum Gasteiger partial charge on any atom is -0.478 e. The highest BCUT2D eigenvalue weighted by Crippen LogP contribution is 2.40. The highest BCUT2D eigenvalue weighted by atomic mass is 19.1. The second-order valence-electron chi connectivity index (χ2n) is 7.95. The van der Waals surface area contributed by atoms with Crippen LogP contribution in [-0.2, 0) is 13.0 Å². The maximum atomic E-state index is 14.0. The molecular weight excluding hydrogens is 379 g/mol. The largest absolute Gasteiger partial charge is 0.478 e. The number of carbonyl (C=O) groups is 1. The van der Waals surface area contributed by atoms with Gasteiger partial charge in [-0.3, -0.25) is 4.98 Å². The van der Waals surface area contributed by atoms with Crippen LogP contribution >= 0.6 is 0 Å². The number of aromatic carboxylic acids is 1. The Hall–Kier alpha value is -3.47. The molecule has 1 aliphatic carbocycles. The molecule has 0 amide bonds. The Bertz CT molecular complexity index is 1260. The fourth-order valence-electron chi connectivity index (χ4n) is 3.98. The van der Waals surface area contributed by atoms with Crippen LogP contribution in [0.2, 0.25) is 0 Å². The summed E-state index contributed by atoms with van der Waals surface area (Å²) in [4.78, 5) is 16.2. The first kappa shape index (κ1) is 18.6. The molecule has 5 rings (SSSR count). The summed E-state index contributed by atoms with van der Waals surface area (Å²) in [5.74, 6) is -0.676. The predicted octanol–water partition coefficient (Wildman–Crippen LogP) is 5.39. The fraction of sp³-hybridized carbons (Fsp3) is 0.200. The Kier molecular flexibility index (Phi) is 4.58. The van der Waals surface area contributed by atoms with E-state index in [1.54, 1.807) is 18.2 Å². The number of carboxylic acid groups (broad SMARTS) is 1. The first-order chi connectivity index (χ1) is 14.6. The van der Waals surface area contributed by atoms with Crippen molar-refractivity contribution in [1.82, 2.24) is 9.55 Å². The molecule has 2 heterocycles. The van der Waals surface area contributed by atoms with Crippen LogP contribution in [0.3, 0.4) is 0 Å². The van der Waals surface area contributed by atoms with Crippen LogP contribution in [-0.4, -0.2) is 20.6 Å². The normalized spacial score (nSPS) is 13.6. The van der Waals surface area contributed by atoms with Crippen LogP contribution in [0.15, 0.2) is 67.0 Å². The van der Waals surface area contributed by atoms with Gasteiger partial charge in [0.05, 0.1) is 17.8 Å². The van der Waals surface area contributed by atoms with Crippen LogP contribution in [0, 0.1) is 5.82 Å². The van der Waals surface area contributed by atoms with Gasteiger partial charge in [-0.1, -0.05) is 24.3 Å². The molecule has 0 spiro atoms. The summed E-state index contributed by atoms with van der Waals surface area (Å²) in [5.41, 5.74) is 4.55. The van der Waals surface area contributed by atoms with Crippen molar-refractivity contribution in [3.8, 4) is 0 Å². The lowest BCUT2D eigenvalue weighted by atomic mass is 10.0. The van der Waals surface area contributed by atoms with Gasteiger partial charge in [-0.2, -0.15) is 0 Å². The van der Waals surface area contributed by atoms with E-state index in [2.05, 4.69) is 11.1 Å². The number of nitrogens with zero attached hydrogens (tertiary/aromatic N) is 2. The molecule has 2 aromatic heterocycles. The summed E-state index contributed by atoms with van der Waals surface area (Å²) in [7, 11) is 0. The number of hydrogen-bond acceptors (Lipinski definition) is 2. The number of fused-ring (bicyclic) bond motifs is 1. The molecule has 0 aliphatic heterocycles. The molecule has 0 radical (unpaired) electrons. The molecule has 1 N–H and O–H groups in total. The average molecular weight is 400 g/mol. The molecule has 1 saturated carbocycles. The van der Waals surface area contributed by atoms with Gasteiger partial charge in [-0.25, -0.2) is 9.18 Å². The van der Waals surface area contributed by atoms with Crippen LogP contribution < -0.4 is 0 Å². The Morgan fingerprint density at radius 2 is 1.97 bits per heavy atom. The van der Waals surface area contributed by atoms with E-state index in [4.69, 9.17) is 0 Å².